The van der Waals surface area contributed by atoms with Crippen molar-refractivity contribution in [2.24, 2.45) is 7.05 Å². The van der Waals surface area contributed by atoms with Crippen molar-refractivity contribution in [3.63, 3.8) is 0 Å². The molecule has 0 unspecified atom stereocenters. The first kappa shape index (κ1) is 15.8. The second kappa shape index (κ2) is 5.83. The first-order valence-electron chi connectivity index (χ1n) is 6.97. The summed E-state index contributed by atoms with van der Waals surface area (Å²) in [5, 5.41) is 18.5. The third-order valence-electron chi connectivity index (χ3n) is 3.82. The Morgan fingerprint density at radius 1 is 1.30 bits per heavy atom. The number of nitrogens with zero attached hydrogens (tertiary/aromatic N) is 3. The molecule has 5 nitrogen and oxygen atoms in total. The number of phenols is 1. The number of rotatable bonds is 3. The van der Waals surface area contributed by atoms with Crippen molar-refractivity contribution in [2.75, 3.05) is 0 Å². The number of benzene rings is 1. The Labute approximate surface area is 142 Å². The van der Waals surface area contributed by atoms with Crippen molar-refractivity contribution < 1.29 is 9.90 Å². The molecule has 0 saturated heterocycles. The molecule has 0 aliphatic rings. The van der Waals surface area contributed by atoms with Gasteiger partial charge in [-0.15, -0.1) is 5.10 Å². The summed E-state index contributed by atoms with van der Waals surface area (Å²) in [6.45, 7) is 1.97. The summed E-state index contributed by atoms with van der Waals surface area (Å²) in [5.74, 6) is -0.450. The molecule has 0 radical (unpaired) electrons. The van der Waals surface area contributed by atoms with E-state index in [2.05, 4.69) is 10.2 Å². The van der Waals surface area contributed by atoms with E-state index in [-0.39, 0.29) is 21.6 Å². The molecule has 118 valence electrons. The fourth-order valence-corrected chi connectivity index (χ4v) is 3.21. The number of hydrogen-bond donors (Lipinski definition) is 1. The molecule has 3 rings (SSSR count). The fraction of sp³-hybridized carbons (Fsp3) is 0.188. The molecule has 0 spiro atoms. The lowest BCUT2D eigenvalue weighted by molar-refractivity contribution is 0.103. The van der Waals surface area contributed by atoms with Gasteiger partial charge < -0.3 is 9.67 Å². The number of fused-ring (bicyclic) bond motifs is 1. The van der Waals surface area contributed by atoms with E-state index >= 15 is 0 Å². The second-order valence-electron chi connectivity index (χ2n) is 5.12. The summed E-state index contributed by atoms with van der Waals surface area (Å²) in [5.41, 5.74) is 2.36. The van der Waals surface area contributed by atoms with Crippen LogP contribution in [-0.4, -0.2) is 25.7 Å². The lowest BCUT2D eigenvalue weighted by Crippen LogP contribution is -2.06. The van der Waals surface area contributed by atoms with E-state index in [4.69, 9.17) is 23.2 Å². The van der Waals surface area contributed by atoms with Gasteiger partial charge in [-0.2, -0.15) is 5.10 Å². The van der Waals surface area contributed by atoms with Crippen LogP contribution in [0.25, 0.3) is 11.0 Å². The van der Waals surface area contributed by atoms with E-state index in [9.17, 15) is 9.90 Å². The summed E-state index contributed by atoms with van der Waals surface area (Å²) < 4.78 is 1.86. The highest BCUT2D eigenvalue weighted by Crippen LogP contribution is 2.34. The molecule has 0 fully saturated rings. The number of phenolic OH excluding ortho intramolecular Hbond substituents is 1. The molecule has 1 N–H and O–H groups in total. The summed E-state index contributed by atoms with van der Waals surface area (Å²) in [4.78, 5) is 13.0. The zero-order chi connectivity index (χ0) is 16.7. The quantitative estimate of drug-likeness (QED) is 0.730. The molecule has 2 heterocycles. The van der Waals surface area contributed by atoms with Gasteiger partial charge in [-0.3, -0.25) is 4.79 Å². The van der Waals surface area contributed by atoms with E-state index < -0.39 is 0 Å². The van der Waals surface area contributed by atoms with Gasteiger partial charge in [-0.25, -0.2) is 0 Å². The number of hydrogen-bond acceptors (Lipinski definition) is 4. The van der Waals surface area contributed by atoms with Gasteiger partial charge in [0.1, 0.15) is 0 Å². The minimum absolute atomic E-state index is 0.0407. The monoisotopic (exact) mass is 349 g/mol. The first-order chi connectivity index (χ1) is 11.0. The lowest BCUT2D eigenvalue weighted by Gasteiger charge is -2.07. The van der Waals surface area contributed by atoms with Crippen LogP contribution in [0.1, 0.15) is 28.5 Å². The second-order valence-corrected chi connectivity index (χ2v) is 5.93. The van der Waals surface area contributed by atoms with E-state index in [0.29, 0.717) is 23.2 Å². The van der Waals surface area contributed by atoms with Gasteiger partial charge in [-0.1, -0.05) is 30.1 Å². The third-order valence-corrected chi connectivity index (χ3v) is 4.40. The zero-order valence-electron chi connectivity index (χ0n) is 12.5. The SMILES string of the molecule is CCc1c(C(=O)c2cc(Cl)c(O)c(Cl)c2)c2ccnnc2n1C. The predicted molar refractivity (Wildman–Crippen MR) is 89.4 cm³/mol. The molecule has 7 heteroatoms. The standard InChI is InChI=1S/C16H13Cl2N3O2/c1-3-12-13(9-4-5-19-20-16(9)21(12)2)14(22)8-6-10(17)15(23)11(18)7-8/h4-7,23H,3H2,1-2H3. The highest BCUT2D eigenvalue weighted by molar-refractivity contribution is 6.38. The van der Waals surface area contributed by atoms with Crippen LogP contribution in [-0.2, 0) is 13.5 Å². The van der Waals surface area contributed by atoms with Gasteiger partial charge in [0.05, 0.1) is 21.8 Å². The van der Waals surface area contributed by atoms with E-state index in [1.807, 2.05) is 18.5 Å². The van der Waals surface area contributed by atoms with E-state index in [1.54, 1.807) is 12.3 Å². The smallest absolute Gasteiger partial charge is 0.195 e. The van der Waals surface area contributed by atoms with Crippen molar-refractivity contribution in [2.45, 2.75) is 13.3 Å². The molecule has 1 aromatic carbocycles. The molecular weight excluding hydrogens is 337 g/mol. The van der Waals surface area contributed by atoms with Gasteiger partial charge in [0, 0.05) is 23.7 Å². The number of carbonyl (C=O) groups is 1. The Bertz CT molecular complexity index is 911. The van der Waals surface area contributed by atoms with Crippen molar-refractivity contribution in [1.82, 2.24) is 14.8 Å². The molecule has 0 bridgehead atoms. The van der Waals surface area contributed by atoms with E-state index in [1.165, 1.54) is 12.1 Å². The maximum absolute atomic E-state index is 13.0. The van der Waals surface area contributed by atoms with Crippen LogP contribution < -0.4 is 0 Å². The number of carbonyl (C=O) groups excluding carboxylic acids is 1. The third kappa shape index (κ3) is 2.46. The molecule has 0 aliphatic carbocycles. The molecule has 23 heavy (non-hydrogen) atoms. The largest absolute Gasteiger partial charge is 0.505 e. The summed E-state index contributed by atoms with van der Waals surface area (Å²) in [7, 11) is 1.85. The van der Waals surface area contributed by atoms with Crippen LogP contribution in [0.5, 0.6) is 5.75 Å². The highest BCUT2D eigenvalue weighted by Gasteiger charge is 2.23. The van der Waals surface area contributed by atoms with Crippen LogP contribution in [0.15, 0.2) is 24.4 Å². The average Bonchev–Trinajstić information content (AvgIpc) is 2.84. The molecule has 0 atom stereocenters. The number of aromatic hydroxyl groups is 1. The van der Waals surface area contributed by atoms with Crippen molar-refractivity contribution in [3.05, 3.63) is 51.3 Å². The Morgan fingerprint density at radius 2 is 1.96 bits per heavy atom. The number of aryl methyl sites for hydroxylation is 1. The minimum Gasteiger partial charge on any atom is -0.505 e. The van der Waals surface area contributed by atoms with Crippen LogP contribution in [0.4, 0.5) is 0 Å². The van der Waals surface area contributed by atoms with Crippen LogP contribution >= 0.6 is 23.2 Å². The molecular formula is C16H13Cl2N3O2. The number of halogens is 2. The molecule has 0 saturated carbocycles. The maximum atomic E-state index is 13.0. The Kier molecular flexibility index (Phi) is 4.00. The van der Waals surface area contributed by atoms with Crippen molar-refractivity contribution in [3.8, 4) is 5.75 Å². The van der Waals surface area contributed by atoms with Gasteiger partial charge in [-0.05, 0) is 24.6 Å². The van der Waals surface area contributed by atoms with Crippen LogP contribution in [0.3, 0.4) is 0 Å². The fourth-order valence-electron chi connectivity index (χ4n) is 2.73. The van der Waals surface area contributed by atoms with Crippen molar-refractivity contribution >= 4 is 40.0 Å². The highest BCUT2D eigenvalue weighted by atomic mass is 35.5. The Hall–Kier alpha value is -2.11. The summed E-state index contributed by atoms with van der Waals surface area (Å²) >= 11 is 11.9. The zero-order valence-corrected chi connectivity index (χ0v) is 14.0. The maximum Gasteiger partial charge on any atom is 0.195 e. The number of ketones is 1. The average molecular weight is 350 g/mol. The van der Waals surface area contributed by atoms with Gasteiger partial charge >= 0.3 is 0 Å². The molecule has 0 aliphatic heterocycles. The van der Waals surface area contributed by atoms with Gasteiger partial charge in [0.2, 0.25) is 0 Å². The summed E-state index contributed by atoms with van der Waals surface area (Å²) in [6, 6.07) is 4.59. The normalized spacial score (nSPS) is 11.1. The Morgan fingerprint density at radius 3 is 2.57 bits per heavy atom. The Balaban J connectivity index is 2.26. The molecule has 3 aromatic rings. The topological polar surface area (TPSA) is 68.0 Å². The molecule has 0 amide bonds. The first-order valence-corrected chi connectivity index (χ1v) is 7.73. The number of aromatic nitrogens is 3. The van der Waals surface area contributed by atoms with E-state index in [0.717, 1.165) is 11.1 Å². The molecule has 2 aromatic heterocycles. The summed E-state index contributed by atoms with van der Waals surface area (Å²) in [6.07, 6.45) is 2.21. The van der Waals surface area contributed by atoms with Crippen molar-refractivity contribution in [1.29, 1.82) is 0 Å². The van der Waals surface area contributed by atoms with Crippen LogP contribution in [0, 0.1) is 0 Å². The predicted octanol–water partition coefficient (Wildman–Crippen LogP) is 3.77. The van der Waals surface area contributed by atoms with Gasteiger partial charge in [0.15, 0.2) is 17.2 Å². The minimum atomic E-state index is -0.232. The van der Waals surface area contributed by atoms with Gasteiger partial charge in [0.25, 0.3) is 0 Å². The lowest BCUT2D eigenvalue weighted by atomic mass is 10.00. The van der Waals surface area contributed by atoms with Crippen LogP contribution in [0.2, 0.25) is 10.0 Å².